The molecule has 0 bridgehead atoms. The van der Waals surface area contributed by atoms with Crippen molar-refractivity contribution in [2.24, 2.45) is 10.8 Å². The number of fused-ring (bicyclic) bond motifs is 6. The number of furan rings is 1. The Bertz CT molecular complexity index is 2140. The van der Waals surface area contributed by atoms with Crippen molar-refractivity contribution in [1.82, 2.24) is 4.98 Å². The largest absolute Gasteiger partial charge is 0.512 e. The second-order valence-electron chi connectivity index (χ2n) is 14.7. The van der Waals surface area contributed by atoms with E-state index >= 15 is 0 Å². The summed E-state index contributed by atoms with van der Waals surface area (Å²) in [5, 5.41) is 18.3. The molecule has 0 aliphatic rings. The van der Waals surface area contributed by atoms with Crippen LogP contribution in [-0.2, 0) is 30.3 Å². The normalized spacial score (nSPS) is 12.7. The minimum absolute atomic E-state index is 0. The Kier molecular flexibility index (Phi) is 11.7. The van der Waals surface area contributed by atoms with Crippen LogP contribution in [0.15, 0.2) is 76.4 Å². The van der Waals surface area contributed by atoms with Crippen LogP contribution in [-0.4, -0.2) is 15.9 Å². The minimum Gasteiger partial charge on any atom is -0.512 e. The quantitative estimate of drug-likeness (QED) is 0.0941. The molecule has 1 N–H and O–H groups in total. The van der Waals surface area contributed by atoms with Gasteiger partial charge in [-0.3, -0.25) is 9.78 Å². The maximum absolute atomic E-state index is 12.2. The fourth-order valence-corrected chi connectivity index (χ4v) is 7.37. The van der Waals surface area contributed by atoms with Crippen molar-refractivity contribution in [3.63, 3.8) is 0 Å². The summed E-state index contributed by atoms with van der Waals surface area (Å²) in [6, 6.07) is 20.7. The van der Waals surface area contributed by atoms with E-state index in [9.17, 15) is 9.90 Å². The van der Waals surface area contributed by atoms with E-state index in [1.54, 1.807) is 11.3 Å². The number of aliphatic hydroxyl groups excluding tert-OH is 1. The van der Waals surface area contributed by atoms with Crippen LogP contribution in [0.1, 0.15) is 99.1 Å². The molecular formula is C43H50IrNO3S-. The summed E-state index contributed by atoms with van der Waals surface area (Å²) in [4.78, 5) is 16.9. The maximum Gasteiger partial charge on any atom is 0.164 e. The van der Waals surface area contributed by atoms with Gasteiger partial charge >= 0.3 is 0 Å². The molecule has 0 aliphatic carbocycles. The number of carbonyl (C=O) groups is 1. The van der Waals surface area contributed by atoms with Gasteiger partial charge in [-0.15, -0.1) is 40.5 Å². The van der Waals surface area contributed by atoms with Crippen LogP contribution in [0, 0.1) is 23.8 Å². The number of hydrogen-bond donors (Lipinski definition) is 1. The van der Waals surface area contributed by atoms with Crippen molar-refractivity contribution in [2.75, 3.05) is 0 Å². The molecule has 0 spiro atoms. The van der Waals surface area contributed by atoms with Gasteiger partial charge in [-0.2, -0.15) is 0 Å². The summed E-state index contributed by atoms with van der Waals surface area (Å²) in [5.41, 5.74) is 5.59. The Morgan fingerprint density at radius 1 is 0.898 bits per heavy atom. The summed E-state index contributed by atoms with van der Waals surface area (Å²) in [6.07, 6.45) is 6.65. The zero-order valence-electron chi connectivity index (χ0n) is 30.6. The molecule has 261 valence electrons. The third kappa shape index (κ3) is 7.29. The van der Waals surface area contributed by atoms with Crippen molar-refractivity contribution < 1.29 is 34.4 Å². The number of aliphatic hydroxyl groups is 1. The van der Waals surface area contributed by atoms with E-state index in [1.165, 1.54) is 38.1 Å². The van der Waals surface area contributed by atoms with Gasteiger partial charge in [0, 0.05) is 64.4 Å². The standard InChI is InChI=1S/C28H22NOS.C15H28O2.Ir/c1-16-15-31-27-19(16)9-10-23-24(27)21-11-12-29-25(26(21)30-23)18-13-17-7-5-6-8-20(17)22(14-18)28(2,3)4;1-7-14(5,8-2)12(16)11-13(17)15(6,9-3)10-4;/h5-12,14-15H,1-4H3;11,16H,7-10H2,1-6H3;/q-1;;/b;12-11-;. The maximum atomic E-state index is 12.2. The molecule has 3 heterocycles. The van der Waals surface area contributed by atoms with Crippen molar-refractivity contribution in [3.8, 4) is 11.3 Å². The monoisotopic (exact) mass is 853 g/mol. The van der Waals surface area contributed by atoms with Crippen LogP contribution in [0.4, 0.5) is 0 Å². The zero-order valence-corrected chi connectivity index (χ0v) is 33.8. The first kappa shape index (κ1) is 38.5. The molecule has 49 heavy (non-hydrogen) atoms. The summed E-state index contributed by atoms with van der Waals surface area (Å²) < 4.78 is 7.70. The van der Waals surface area contributed by atoms with Gasteiger partial charge in [0.15, 0.2) is 5.78 Å². The first-order valence-corrected chi connectivity index (χ1v) is 18.2. The van der Waals surface area contributed by atoms with Gasteiger partial charge in [0.1, 0.15) is 16.9 Å². The Morgan fingerprint density at radius 2 is 1.55 bits per heavy atom. The molecule has 0 fully saturated rings. The van der Waals surface area contributed by atoms with Gasteiger partial charge in [-0.1, -0.05) is 91.5 Å². The average molecular weight is 853 g/mol. The molecule has 6 heteroatoms. The van der Waals surface area contributed by atoms with E-state index in [2.05, 4.69) is 87.7 Å². The number of rotatable bonds is 8. The Hall–Kier alpha value is -3.31. The smallest absolute Gasteiger partial charge is 0.164 e. The van der Waals surface area contributed by atoms with E-state index in [1.807, 2.05) is 47.7 Å². The number of ketones is 1. The third-order valence-electron chi connectivity index (χ3n) is 10.7. The molecule has 0 aliphatic heterocycles. The molecule has 0 saturated carbocycles. The predicted molar refractivity (Wildman–Crippen MR) is 205 cm³/mol. The Balaban J connectivity index is 0.000000260. The Morgan fingerprint density at radius 3 is 2.18 bits per heavy atom. The number of thiophene rings is 1. The summed E-state index contributed by atoms with van der Waals surface area (Å²) >= 11 is 1.78. The van der Waals surface area contributed by atoms with Crippen LogP contribution in [0.25, 0.3) is 54.1 Å². The molecule has 3 aromatic carbocycles. The van der Waals surface area contributed by atoms with E-state index in [-0.39, 0.29) is 47.9 Å². The van der Waals surface area contributed by atoms with Crippen molar-refractivity contribution in [3.05, 3.63) is 89.1 Å². The summed E-state index contributed by atoms with van der Waals surface area (Å²) in [5.74, 6) is 0.286. The number of aryl methyl sites for hydroxylation is 1. The van der Waals surface area contributed by atoms with Crippen LogP contribution in [0.2, 0.25) is 0 Å². The molecule has 4 nitrogen and oxygen atoms in total. The number of pyridine rings is 1. The van der Waals surface area contributed by atoms with Gasteiger partial charge in [-0.05, 0) is 72.6 Å². The van der Waals surface area contributed by atoms with Crippen molar-refractivity contribution in [1.29, 1.82) is 0 Å². The fourth-order valence-electron chi connectivity index (χ4n) is 6.26. The number of nitrogens with zero attached hydrogens (tertiary/aromatic N) is 1. The van der Waals surface area contributed by atoms with E-state index in [0.29, 0.717) is 0 Å². The minimum atomic E-state index is -0.337. The first-order chi connectivity index (χ1) is 22.7. The van der Waals surface area contributed by atoms with Crippen molar-refractivity contribution >= 4 is 59.9 Å². The summed E-state index contributed by atoms with van der Waals surface area (Å²) in [7, 11) is 0. The third-order valence-corrected chi connectivity index (χ3v) is 11.9. The number of benzene rings is 3. The molecule has 6 aromatic rings. The van der Waals surface area contributed by atoms with E-state index in [4.69, 9.17) is 9.40 Å². The molecular weight excluding hydrogens is 803 g/mol. The molecule has 1 radical (unpaired) electrons. The number of aromatic nitrogens is 1. The second-order valence-corrected chi connectivity index (χ2v) is 15.6. The molecule has 3 aromatic heterocycles. The van der Waals surface area contributed by atoms with Crippen LogP contribution >= 0.6 is 11.3 Å². The molecule has 0 atom stereocenters. The zero-order chi connectivity index (χ0) is 35.0. The van der Waals surface area contributed by atoms with Gasteiger partial charge < -0.3 is 9.52 Å². The predicted octanol–water partition coefficient (Wildman–Crippen LogP) is 13.1. The fraction of sp³-hybridized carbons (Fsp3) is 0.395. The number of carbonyl (C=O) groups excluding carboxylic acids is 1. The molecule has 0 amide bonds. The number of allylic oxidation sites excluding steroid dienone is 2. The Labute approximate surface area is 309 Å². The van der Waals surface area contributed by atoms with Gasteiger partial charge in [0.25, 0.3) is 0 Å². The average Bonchev–Trinajstić information content (AvgIpc) is 3.66. The first-order valence-electron chi connectivity index (χ1n) is 17.3. The second kappa shape index (κ2) is 14.9. The van der Waals surface area contributed by atoms with Gasteiger partial charge in [-0.25, -0.2) is 0 Å². The molecule has 0 unspecified atom stereocenters. The topological polar surface area (TPSA) is 63.3 Å². The van der Waals surface area contributed by atoms with Crippen molar-refractivity contribution in [2.45, 2.75) is 100 Å². The van der Waals surface area contributed by atoms with Crippen LogP contribution in [0.3, 0.4) is 0 Å². The number of hydrogen-bond acceptors (Lipinski definition) is 5. The van der Waals surface area contributed by atoms with Crippen LogP contribution in [0.5, 0.6) is 0 Å². The molecule has 0 saturated heterocycles. The van der Waals surface area contributed by atoms with Gasteiger partial charge in [0.2, 0.25) is 0 Å². The van der Waals surface area contributed by atoms with Gasteiger partial charge in [0.05, 0.1) is 0 Å². The van der Waals surface area contributed by atoms with Crippen LogP contribution < -0.4 is 0 Å². The van der Waals surface area contributed by atoms with E-state index in [0.717, 1.165) is 58.9 Å². The van der Waals surface area contributed by atoms with E-state index < -0.39 is 0 Å². The summed E-state index contributed by atoms with van der Waals surface area (Å²) in [6.45, 7) is 21.0. The SMILES string of the molecule is CCC(C)(CC)C(=O)/C=C(\O)C(C)(CC)CC.Cc1csc2c1ccc1oc3c(-c4[c-]c5ccccc5c(C(C)(C)C)c4)nccc3c12.[Ir]. The molecule has 6 rings (SSSR count).